The van der Waals surface area contributed by atoms with Crippen LogP contribution >= 0.6 is 0 Å². The molecule has 0 heterocycles. The van der Waals surface area contributed by atoms with Gasteiger partial charge < -0.3 is 30.3 Å². The smallest absolute Gasteiger partial charge is 0.317 e. The van der Waals surface area contributed by atoms with Crippen molar-refractivity contribution < 1.29 is 35.1 Å². The summed E-state index contributed by atoms with van der Waals surface area (Å²) in [6.07, 6.45) is 0.545. The van der Waals surface area contributed by atoms with Crippen molar-refractivity contribution in [3.05, 3.63) is 0 Å². The Balaban J connectivity index is 5.40. The number of carbonyl (C=O) groups excluding carboxylic acids is 1. The van der Waals surface area contributed by atoms with E-state index in [1.54, 1.807) is 6.92 Å². The summed E-state index contributed by atoms with van der Waals surface area (Å²) in [4.78, 5) is 11.9. The summed E-state index contributed by atoms with van der Waals surface area (Å²) >= 11 is 0. The molecule has 0 aliphatic rings. The van der Waals surface area contributed by atoms with E-state index in [9.17, 15) is 30.3 Å². The third-order valence-corrected chi connectivity index (χ3v) is 3.29. The summed E-state index contributed by atoms with van der Waals surface area (Å²) in [5, 5.41) is 46.7. The van der Waals surface area contributed by atoms with Crippen LogP contribution in [0.4, 0.5) is 0 Å². The molecule has 0 unspecified atom stereocenters. The number of aliphatic hydroxyl groups excluding tert-OH is 5. The number of esters is 1. The summed E-state index contributed by atoms with van der Waals surface area (Å²) < 4.78 is 4.86. The van der Waals surface area contributed by atoms with E-state index in [4.69, 9.17) is 4.74 Å². The molecule has 0 aromatic carbocycles. The second kappa shape index (κ2) is 7.65. The molecule has 0 radical (unpaired) electrons. The van der Waals surface area contributed by atoms with E-state index >= 15 is 0 Å². The molecule has 108 valence electrons. The number of carbonyl (C=O) groups is 1. The van der Waals surface area contributed by atoms with Gasteiger partial charge in [0.2, 0.25) is 0 Å². The molecule has 0 fully saturated rings. The van der Waals surface area contributed by atoms with Crippen molar-refractivity contribution in [3.63, 3.8) is 0 Å². The Labute approximate surface area is 106 Å². The lowest BCUT2D eigenvalue weighted by Crippen LogP contribution is -2.59. The van der Waals surface area contributed by atoms with Crippen LogP contribution in [0, 0.1) is 10.8 Å². The van der Waals surface area contributed by atoms with E-state index in [0.717, 1.165) is 0 Å². The fourth-order valence-corrected chi connectivity index (χ4v) is 1.67. The predicted octanol–water partition coefficient (Wildman–Crippen LogP) is -2.13. The highest BCUT2D eigenvalue weighted by atomic mass is 16.5. The van der Waals surface area contributed by atoms with E-state index in [1.165, 1.54) is 0 Å². The Bertz CT molecular complexity index is 238. The minimum Gasteiger partial charge on any atom is -0.465 e. The first kappa shape index (κ1) is 17.3. The minimum atomic E-state index is -1.94. The highest BCUT2D eigenvalue weighted by Gasteiger charge is 2.56. The van der Waals surface area contributed by atoms with Gasteiger partial charge in [-0.3, -0.25) is 4.79 Å². The second-order valence-corrected chi connectivity index (χ2v) is 4.29. The van der Waals surface area contributed by atoms with Crippen molar-refractivity contribution in [2.24, 2.45) is 10.8 Å². The first-order valence-electron chi connectivity index (χ1n) is 5.75. The number of rotatable bonds is 9. The van der Waals surface area contributed by atoms with Crippen molar-refractivity contribution >= 4 is 5.97 Å². The molecule has 0 aliphatic carbocycles. The summed E-state index contributed by atoms with van der Waals surface area (Å²) in [6, 6.07) is 0. The van der Waals surface area contributed by atoms with Gasteiger partial charge in [0.25, 0.3) is 0 Å². The van der Waals surface area contributed by atoms with Gasteiger partial charge in [-0.1, -0.05) is 6.92 Å². The predicted molar refractivity (Wildman–Crippen MR) is 61.5 cm³/mol. The van der Waals surface area contributed by atoms with Gasteiger partial charge in [-0.2, -0.15) is 0 Å². The standard InChI is InChI=1S/C11H22O7/c1-2-3-18-9(17)11(7-15,8-16)10(4-12,5-13)6-14/h12-16H,2-8H2,1H3. The van der Waals surface area contributed by atoms with Crippen molar-refractivity contribution in [1.29, 1.82) is 0 Å². The summed E-state index contributed by atoms with van der Waals surface area (Å²) in [5.74, 6) is -0.952. The number of hydrogen-bond donors (Lipinski definition) is 5. The average Bonchev–Trinajstić information content (AvgIpc) is 2.42. The van der Waals surface area contributed by atoms with Gasteiger partial charge in [0.15, 0.2) is 0 Å². The monoisotopic (exact) mass is 266 g/mol. The lowest BCUT2D eigenvalue weighted by Gasteiger charge is -2.43. The lowest BCUT2D eigenvalue weighted by molar-refractivity contribution is -0.191. The van der Waals surface area contributed by atoms with Crippen LogP contribution in [0.25, 0.3) is 0 Å². The zero-order valence-electron chi connectivity index (χ0n) is 10.5. The average molecular weight is 266 g/mol. The van der Waals surface area contributed by atoms with Crippen LogP contribution in [-0.4, -0.2) is 71.1 Å². The Kier molecular flexibility index (Phi) is 7.34. The Morgan fingerprint density at radius 3 is 1.67 bits per heavy atom. The third-order valence-electron chi connectivity index (χ3n) is 3.29. The lowest BCUT2D eigenvalue weighted by atomic mass is 9.64. The van der Waals surface area contributed by atoms with Crippen LogP contribution in [-0.2, 0) is 9.53 Å². The van der Waals surface area contributed by atoms with Crippen LogP contribution in [0.3, 0.4) is 0 Å². The van der Waals surface area contributed by atoms with Gasteiger partial charge >= 0.3 is 5.97 Å². The number of hydrogen-bond acceptors (Lipinski definition) is 7. The van der Waals surface area contributed by atoms with E-state index in [1.807, 2.05) is 0 Å². The van der Waals surface area contributed by atoms with Crippen LogP contribution in [0.5, 0.6) is 0 Å². The largest absolute Gasteiger partial charge is 0.465 e. The molecule has 0 saturated heterocycles. The summed E-state index contributed by atoms with van der Waals surface area (Å²) in [6.45, 7) is -2.18. The van der Waals surface area contributed by atoms with Gasteiger partial charge in [-0.05, 0) is 6.42 Å². The van der Waals surface area contributed by atoms with Gasteiger partial charge in [-0.15, -0.1) is 0 Å². The van der Waals surface area contributed by atoms with E-state index in [0.29, 0.717) is 6.42 Å². The van der Waals surface area contributed by atoms with Crippen molar-refractivity contribution in [3.8, 4) is 0 Å². The highest BCUT2D eigenvalue weighted by molar-refractivity contribution is 5.78. The number of aliphatic hydroxyl groups is 5. The molecule has 0 amide bonds. The fourth-order valence-electron chi connectivity index (χ4n) is 1.67. The maximum Gasteiger partial charge on any atom is 0.317 e. The summed E-state index contributed by atoms with van der Waals surface area (Å²) in [7, 11) is 0. The van der Waals surface area contributed by atoms with Crippen molar-refractivity contribution in [2.45, 2.75) is 13.3 Å². The maximum absolute atomic E-state index is 11.9. The van der Waals surface area contributed by atoms with Gasteiger partial charge in [0.05, 0.1) is 45.1 Å². The molecule has 0 aliphatic heterocycles. The molecule has 0 saturated carbocycles. The van der Waals surface area contributed by atoms with Crippen molar-refractivity contribution in [1.82, 2.24) is 0 Å². The topological polar surface area (TPSA) is 127 Å². The zero-order valence-corrected chi connectivity index (χ0v) is 10.5. The molecule has 7 nitrogen and oxygen atoms in total. The Morgan fingerprint density at radius 2 is 1.39 bits per heavy atom. The van der Waals surface area contributed by atoms with Crippen LogP contribution in [0.2, 0.25) is 0 Å². The van der Waals surface area contributed by atoms with Gasteiger partial charge in [0, 0.05) is 0 Å². The van der Waals surface area contributed by atoms with E-state index in [-0.39, 0.29) is 6.61 Å². The Hall–Kier alpha value is -0.730. The molecular weight excluding hydrogens is 244 g/mol. The van der Waals surface area contributed by atoms with E-state index < -0.39 is 49.8 Å². The molecular formula is C11H22O7. The highest BCUT2D eigenvalue weighted by Crippen LogP contribution is 2.39. The quantitative estimate of drug-likeness (QED) is 0.302. The van der Waals surface area contributed by atoms with Crippen LogP contribution < -0.4 is 0 Å². The van der Waals surface area contributed by atoms with Crippen LogP contribution in [0.15, 0.2) is 0 Å². The van der Waals surface area contributed by atoms with Crippen LogP contribution in [0.1, 0.15) is 13.3 Å². The normalized spacial score (nSPS) is 12.6. The third kappa shape index (κ3) is 2.81. The van der Waals surface area contributed by atoms with Gasteiger partial charge in [-0.25, -0.2) is 0 Å². The first-order chi connectivity index (χ1) is 8.53. The maximum atomic E-state index is 11.9. The molecule has 0 aromatic rings. The minimum absolute atomic E-state index is 0.0823. The molecule has 0 aromatic heterocycles. The van der Waals surface area contributed by atoms with E-state index in [2.05, 4.69) is 0 Å². The molecule has 7 heteroatoms. The Morgan fingerprint density at radius 1 is 0.944 bits per heavy atom. The fraction of sp³-hybridized carbons (Fsp3) is 0.909. The van der Waals surface area contributed by atoms with Gasteiger partial charge in [0.1, 0.15) is 5.41 Å². The molecule has 0 bridgehead atoms. The molecule has 0 atom stereocenters. The summed E-state index contributed by atoms with van der Waals surface area (Å²) in [5.41, 5.74) is -3.69. The molecule has 0 spiro atoms. The second-order valence-electron chi connectivity index (χ2n) is 4.29. The first-order valence-corrected chi connectivity index (χ1v) is 5.75. The zero-order chi connectivity index (χ0) is 14.2. The molecule has 0 rings (SSSR count). The van der Waals surface area contributed by atoms with Crippen molar-refractivity contribution in [2.75, 3.05) is 39.6 Å². The number of ether oxygens (including phenoxy) is 1. The molecule has 5 N–H and O–H groups in total. The SMILES string of the molecule is CCCOC(=O)C(CO)(CO)C(CO)(CO)CO. The molecule has 18 heavy (non-hydrogen) atoms.